The summed E-state index contributed by atoms with van der Waals surface area (Å²) in [5, 5.41) is 14.1. The fraction of sp³-hybridized carbons (Fsp3) is 0.545. The molecular formula is C11H17NO3S. The van der Waals surface area contributed by atoms with Gasteiger partial charge in [-0.15, -0.1) is 11.3 Å². The summed E-state index contributed by atoms with van der Waals surface area (Å²) in [6.07, 6.45) is -0.623. The average molecular weight is 243 g/mol. The lowest BCUT2D eigenvalue weighted by Crippen LogP contribution is -2.50. The Bertz CT molecular complexity index is 371. The molecule has 0 saturated carbocycles. The predicted octanol–water partition coefficient (Wildman–Crippen LogP) is 1.65. The molecule has 1 atom stereocenters. The largest absolute Gasteiger partial charge is 0.495 e. The van der Waals surface area contributed by atoms with Crippen molar-refractivity contribution in [1.82, 2.24) is 5.32 Å². The van der Waals surface area contributed by atoms with Crippen molar-refractivity contribution < 1.29 is 14.6 Å². The number of carbonyl (C=O) groups excluding carboxylic acids is 1. The van der Waals surface area contributed by atoms with Gasteiger partial charge in [-0.3, -0.25) is 4.79 Å². The van der Waals surface area contributed by atoms with Crippen molar-refractivity contribution in [2.24, 2.45) is 0 Å². The number of ether oxygens (including phenoxy) is 1. The molecule has 0 aliphatic heterocycles. The van der Waals surface area contributed by atoms with E-state index >= 15 is 0 Å². The highest BCUT2D eigenvalue weighted by Gasteiger charge is 2.28. The molecule has 0 aromatic carbocycles. The summed E-state index contributed by atoms with van der Waals surface area (Å²) in [6.45, 7) is 5.19. The number of aliphatic hydroxyl groups is 1. The van der Waals surface area contributed by atoms with E-state index in [0.717, 1.165) is 0 Å². The van der Waals surface area contributed by atoms with E-state index in [1.54, 1.807) is 32.2 Å². The minimum Gasteiger partial charge on any atom is -0.495 e. The number of rotatable bonds is 4. The van der Waals surface area contributed by atoms with E-state index in [4.69, 9.17) is 4.74 Å². The smallest absolute Gasteiger partial charge is 0.265 e. The van der Waals surface area contributed by atoms with Gasteiger partial charge in [0.1, 0.15) is 10.6 Å². The molecule has 1 heterocycles. The van der Waals surface area contributed by atoms with Crippen LogP contribution in [-0.4, -0.2) is 29.8 Å². The first kappa shape index (κ1) is 13.0. The highest BCUT2D eigenvalue weighted by Crippen LogP contribution is 2.25. The molecule has 1 amide bonds. The predicted molar refractivity (Wildman–Crippen MR) is 64.1 cm³/mol. The fourth-order valence-electron chi connectivity index (χ4n) is 1.08. The molecule has 4 nitrogen and oxygen atoms in total. The van der Waals surface area contributed by atoms with Gasteiger partial charge < -0.3 is 15.2 Å². The highest BCUT2D eigenvalue weighted by molar-refractivity contribution is 7.12. The third-order valence-electron chi connectivity index (χ3n) is 2.54. The molecule has 1 aromatic rings. The average Bonchev–Trinajstić information content (AvgIpc) is 2.64. The summed E-state index contributed by atoms with van der Waals surface area (Å²) in [5.74, 6) is 0.335. The van der Waals surface area contributed by atoms with Gasteiger partial charge in [0.25, 0.3) is 5.91 Å². The molecule has 0 aliphatic carbocycles. The van der Waals surface area contributed by atoms with Gasteiger partial charge >= 0.3 is 0 Å². The van der Waals surface area contributed by atoms with Crippen molar-refractivity contribution in [2.75, 3.05) is 7.11 Å². The lowest BCUT2D eigenvalue weighted by molar-refractivity contribution is 0.0710. The minimum absolute atomic E-state index is 0.224. The zero-order chi connectivity index (χ0) is 12.3. The Kier molecular flexibility index (Phi) is 3.93. The lowest BCUT2D eigenvalue weighted by atomic mass is 9.99. The van der Waals surface area contributed by atoms with E-state index in [1.807, 2.05) is 0 Å². The van der Waals surface area contributed by atoms with Crippen LogP contribution in [0.3, 0.4) is 0 Å². The zero-order valence-electron chi connectivity index (χ0n) is 9.90. The van der Waals surface area contributed by atoms with Crippen LogP contribution in [0, 0.1) is 0 Å². The molecule has 0 spiro atoms. The van der Waals surface area contributed by atoms with E-state index in [-0.39, 0.29) is 5.91 Å². The Morgan fingerprint density at radius 2 is 2.25 bits per heavy atom. The second-order valence-electron chi connectivity index (χ2n) is 4.17. The molecule has 1 aromatic heterocycles. The number of hydrogen-bond acceptors (Lipinski definition) is 4. The van der Waals surface area contributed by atoms with Crippen molar-refractivity contribution in [3.05, 3.63) is 16.3 Å². The molecule has 2 N–H and O–H groups in total. The summed E-state index contributed by atoms with van der Waals surface area (Å²) in [5.41, 5.74) is -0.661. The van der Waals surface area contributed by atoms with E-state index in [9.17, 15) is 9.90 Å². The number of amides is 1. The third kappa shape index (κ3) is 2.74. The van der Waals surface area contributed by atoms with E-state index in [0.29, 0.717) is 10.6 Å². The topological polar surface area (TPSA) is 58.6 Å². The number of thiophene rings is 1. The molecule has 0 radical (unpaired) electrons. The Hall–Kier alpha value is -1.07. The van der Waals surface area contributed by atoms with Crippen LogP contribution in [0.25, 0.3) is 0 Å². The van der Waals surface area contributed by atoms with Crippen molar-refractivity contribution in [3.8, 4) is 5.75 Å². The van der Waals surface area contributed by atoms with Crippen molar-refractivity contribution in [3.63, 3.8) is 0 Å². The van der Waals surface area contributed by atoms with Crippen LogP contribution < -0.4 is 10.1 Å². The molecule has 0 bridgehead atoms. The third-order valence-corrected chi connectivity index (χ3v) is 3.43. The van der Waals surface area contributed by atoms with Crippen LogP contribution in [0.2, 0.25) is 0 Å². The summed E-state index contributed by atoms with van der Waals surface area (Å²) in [6, 6.07) is 1.74. The van der Waals surface area contributed by atoms with Gasteiger partial charge in [-0.25, -0.2) is 0 Å². The number of methoxy groups -OCH3 is 1. The van der Waals surface area contributed by atoms with Gasteiger partial charge in [-0.1, -0.05) is 0 Å². The minimum atomic E-state index is -0.661. The van der Waals surface area contributed by atoms with Crippen LogP contribution in [0.15, 0.2) is 11.4 Å². The van der Waals surface area contributed by atoms with Gasteiger partial charge in [0.15, 0.2) is 0 Å². The number of aliphatic hydroxyl groups excluding tert-OH is 1. The molecule has 90 valence electrons. The first-order valence-corrected chi connectivity index (χ1v) is 5.88. The molecule has 5 heteroatoms. The molecule has 1 rings (SSSR count). The maximum atomic E-state index is 11.9. The van der Waals surface area contributed by atoms with Gasteiger partial charge in [-0.2, -0.15) is 0 Å². The molecule has 0 fully saturated rings. The first-order valence-electron chi connectivity index (χ1n) is 5.00. The molecule has 0 aliphatic rings. The van der Waals surface area contributed by atoms with Gasteiger partial charge in [0.05, 0.1) is 18.8 Å². The standard InChI is InChI=1S/C11H17NO3S/c1-7(13)11(2,3)12-10(14)9-8(15-4)5-6-16-9/h5-7,13H,1-4H3,(H,12,14). The second kappa shape index (κ2) is 4.84. The Morgan fingerprint density at radius 3 is 2.75 bits per heavy atom. The van der Waals surface area contributed by atoms with Crippen LogP contribution >= 0.6 is 11.3 Å². The van der Waals surface area contributed by atoms with Crippen molar-refractivity contribution >= 4 is 17.2 Å². The maximum Gasteiger partial charge on any atom is 0.265 e. The van der Waals surface area contributed by atoms with Crippen molar-refractivity contribution in [2.45, 2.75) is 32.4 Å². The second-order valence-corrected chi connectivity index (χ2v) is 5.09. The summed E-state index contributed by atoms with van der Waals surface area (Å²) in [7, 11) is 1.53. The van der Waals surface area contributed by atoms with Crippen LogP contribution in [0.1, 0.15) is 30.4 Å². The van der Waals surface area contributed by atoms with E-state index in [2.05, 4.69) is 5.32 Å². The van der Waals surface area contributed by atoms with E-state index < -0.39 is 11.6 Å². The van der Waals surface area contributed by atoms with Gasteiger partial charge in [0.2, 0.25) is 0 Å². The van der Waals surface area contributed by atoms with E-state index in [1.165, 1.54) is 18.4 Å². The first-order chi connectivity index (χ1) is 7.38. The highest BCUT2D eigenvalue weighted by atomic mass is 32.1. The SMILES string of the molecule is COc1ccsc1C(=O)NC(C)(C)C(C)O. The molecule has 1 unspecified atom stereocenters. The van der Waals surface area contributed by atoms with Crippen LogP contribution in [0.4, 0.5) is 0 Å². The van der Waals surface area contributed by atoms with Gasteiger partial charge in [0, 0.05) is 0 Å². The fourth-order valence-corrected chi connectivity index (χ4v) is 1.83. The summed E-state index contributed by atoms with van der Waals surface area (Å²) < 4.78 is 5.07. The summed E-state index contributed by atoms with van der Waals surface area (Å²) in [4.78, 5) is 12.4. The molecular weight excluding hydrogens is 226 g/mol. The summed E-state index contributed by atoms with van der Waals surface area (Å²) >= 11 is 1.32. The normalized spacial score (nSPS) is 13.3. The number of hydrogen-bond donors (Lipinski definition) is 2. The quantitative estimate of drug-likeness (QED) is 0.845. The Balaban J connectivity index is 2.81. The lowest BCUT2D eigenvalue weighted by Gasteiger charge is -2.29. The van der Waals surface area contributed by atoms with Crippen molar-refractivity contribution in [1.29, 1.82) is 0 Å². The monoisotopic (exact) mass is 243 g/mol. The number of carbonyl (C=O) groups is 1. The Morgan fingerprint density at radius 1 is 1.62 bits per heavy atom. The molecule has 0 saturated heterocycles. The van der Waals surface area contributed by atoms with Crippen LogP contribution in [0.5, 0.6) is 5.75 Å². The number of nitrogens with one attached hydrogen (secondary N) is 1. The molecule has 16 heavy (non-hydrogen) atoms. The maximum absolute atomic E-state index is 11.9. The van der Waals surface area contributed by atoms with Gasteiger partial charge in [-0.05, 0) is 32.2 Å². The Labute approximate surface area is 99.2 Å². The van der Waals surface area contributed by atoms with Crippen LogP contribution in [-0.2, 0) is 0 Å². The zero-order valence-corrected chi connectivity index (χ0v) is 10.7.